The molecule has 0 amide bonds. The zero-order valence-electron chi connectivity index (χ0n) is 5.50. The van der Waals surface area contributed by atoms with E-state index in [0.29, 0.717) is 0 Å². The minimum absolute atomic E-state index is 0.0459. The third kappa shape index (κ3) is 41.8. The molecule has 0 spiro atoms. The number of hydrogen-bond acceptors (Lipinski definition) is 5. The number of phosphoric acid groups is 1. The standard InChI is InChI=1S/C2H7O4P.O3S/c1-2-6-7(3,4)5;1-4(2)3/h2H2,1H3,(H2,3,4,5);. The molecule has 0 radical (unpaired) electrons. The summed E-state index contributed by atoms with van der Waals surface area (Å²) in [5.74, 6) is 0. The molecule has 0 fully saturated rings. The van der Waals surface area contributed by atoms with Crippen molar-refractivity contribution in [3.63, 3.8) is 0 Å². The molecule has 0 aromatic heterocycles. The SMILES string of the molecule is CCOP(=O)(O)O.O=S(=O)=O. The Morgan fingerprint density at radius 3 is 1.64 bits per heavy atom. The Morgan fingerprint density at radius 1 is 1.36 bits per heavy atom. The number of hydrogen-bond donors (Lipinski definition) is 2. The first-order valence-corrected chi connectivity index (χ1v) is 4.79. The molecule has 0 unspecified atom stereocenters. The molecule has 9 heteroatoms. The van der Waals surface area contributed by atoms with Crippen molar-refractivity contribution in [1.29, 1.82) is 0 Å². The van der Waals surface area contributed by atoms with E-state index < -0.39 is 18.4 Å². The van der Waals surface area contributed by atoms with Crippen LogP contribution in [0.4, 0.5) is 0 Å². The van der Waals surface area contributed by atoms with Gasteiger partial charge in [-0.25, -0.2) is 4.57 Å². The van der Waals surface area contributed by atoms with Crippen LogP contribution < -0.4 is 0 Å². The van der Waals surface area contributed by atoms with E-state index >= 15 is 0 Å². The number of rotatable bonds is 2. The van der Waals surface area contributed by atoms with Gasteiger partial charge in [0.2, 0.25) is 0 Å². The second-order valence-electron chi connectivity index (χ2n) is 1.11. The molecule has 0 aromatic carbocycles. The molecule has 0 atom stereocenters. The lowest BCUT2D eigenvalue weighted by atomic mass is 10.9. The second kappa shape index (κ2) is 6.44. The molecule has 0 heterocycles. The highest BCUT2D eigenvalue weighted by molar-refractivity contribution is 7.59. The van der Waals surface area contributed by atoms with E-state index in [2.05, 4.69) is 4.52 Å². The van der Waals surface area contributed by atoms with Crippen molar-refractivity contribution >= 4 is 18.4 Å². The Morgan fingerprint density at radius 2 is 1.64 bits per heavy atom. The van der Waals surface area contributed by atoms with E-state index in [1.54, 1.807) is 0 Å². The molecule has 0 saturated carbocycles. The Balaban J connectivity index is 0. The van der Waals surface area contributed by atoms with Crippen LogP contribution in [0.1, 0.15) is 6.92 Å². The van der Waals surface area contributed by atoms with Gasteiger partial charge in [0.15, 0.2) is 0 Å². The topological polar surface area (TPSA) is 118 Å². The Labute approximate surface area is 64.3 Å². The smallest absolute Gasteiger partial charge is 0.303 e. The molecule has 0 aliphatic carbocycles. The molecule has 11 heavy (non-hydrogen) atoms. The first kappa shape index (κ1) is 13.3. The van der Waals surface area contributed by atoms with Crippen LogP contribution in [0.5, 0.6) is 0 Å². The van der Waals surface area contributed by atoms with Crippen LogP contribution in [-0.4, -0.2) is 29.0 Å². The predicted octanol–water partition coefficient (Wildman–Crippen LogP) is -0.888. The van der Waals surface area contributed by atoms with Gasteiger partial charge < -0.3 is 9.79 Å². The minimum Gasteiger partial charge on any atom is -0.303 e. The summed E-state index contributed by atoms with van der Waals surface area (Å²) >= 11 is 0. The van der Waals surface area contributed by atoms with E-state index in [-0.39, 0.29) is 6.61 Å². The average Bonchev–Trinajstić information content (AvgIpc) is 1.58. The maximum atomic E-state index is 9.70. The molecule has 0 saturated heterocycles. The van der Waals surface area contributed by atoms with Gasteiger partial charge in [-0.1, -0.05) is 0 Å². The lowest BCUT2D eigenvalue weighted by Crippen LogP contribution is -1.84. The van der Waals surface area contributed by atoms with Gasteiger partial charge in [0.25, 0.3) is 0 Å². The van der Waals surface area contributed by atoms with E-state index in [0.717, 1.165) is 0 Å². The quantitative estimate of drug-likeness (QED) is 0.562. The first-order chi connectivity index (χ1) is 4.79. The molecule has 0 aliphatic heterocycles. The van der Waals surface area contributed by atoms with Gasteiger partial charge in [-0.3, -0.25) is 4.52 Å². The summed E-state index contributed by atoms with van der Waals surface area (Å²) in [6, 6.07) is 0. The lowest BCUT2D eigenvalue weighted by molar-refractivity contribution is 0.206. The van der Waals surface area contributed by atoms with Gasteiger partial charge >= 0.3 is 18.4 Å². The van der Waals surface area contributed by atoms with Crippen LogP contribution in [-0.2, 0) is 19.7 Å². The molecule has 68 valence electrons. The summed E-state index contributed by atoms with van der Waals surface area (Å²) in [7, 11) is -7.28. The summed E-state index contributed by atoms with van der Waals surface area (Å²) in [4.78, 5) is 15.8. The summed E-state index contributed by atoms with van der Waals surface area (Å²) in [5, 5.41) is 0. The highest BCUT2D eigenvalue weighted by Gasteiger charge is 2.10. The Bertz CT molecular complexity index is 213. The van der Waals surface area contributed by atoms with Gasteiger partial charge in [-0.15, -0.1) is 12.6 Å². The van der Waals surface area contributed by atoms with Gasteiger partial charge in [0.1, 0.15) is 0 Å². The lowest BCUT2D eigenvalue weighted by Gasteiger charge is -1.98. The molecule has 0 rings (SSSR count). The molecule has 7 nitrogen and oxygen atoms in total. The fourth-order valence-electron chi connectivity index (χ4n) is 0.168. The van der Waals surface area contributed by atoms with E-state index in [1.807, 2.05) is 0 Å². The second-order valence-corrected chi connectivity index (χ2v) is 2.76. The highest BCUT2D eigenvalue weighted by Crippen LogP contribution is 2.34. The zero-order valence-corrected chi connectivity index (χ0v) is 7.21. The van der Waals surface area contributed by atoms with Crippen LogP contribution in [0.3, 0.4) is 0 Å². The van der Waals surface area contributed by atoms with E-state index in [1.165, 1.54) is 6.92 Å². The van der Waals surface area contributed by atoms with Crippen LogP contribution in [0.15, 0.2) is 0 Å². The van der Waals surface area contributed by atoms with Gasteiger partial charge in [-0.05, 0) is 6.92 Å². The van der Waals surface area contributed by atoms with Crippen molar-refractivity contribution in [2.24, 2.45) is 0 Å². The maximum Gasteiger partial charge on any atom is 0.469 e. The van der Waals surface area contributed by atoms with E-state index in [9.17, 15) is 4.57 Å². The first-order valence-electron chi connectivity index (χ1n) is 2.26. The van der Waals surface area contributed by atoms with Crippen LogP contribution >= 0.6 is 7.82 Å². The van der Waals surface area contributed by atoms with Crippen molar-refractivity contribution in [2.75, 3.05) is 6.61 Å². The molecule has 0 aliphatic rings. The third-order valence-electron chi connectivity index (χ3n) is 0.297. The molecule has 0 bridgehead atoms. The number of phosphoric ester groups is 1. The van der Waals surface area contributed by atoms with Crippen molar-refractivity contribution in [3.05, 3.63) is 0 Å². The molecular weight excluding hydrogens is 199 g/mol. The van der Waals surface area contributed by atoms with Gasteiger partial charge in [-0.2, -0.15) is 0 Å². The molecule has 2 N–H and O–H groups in total. The zero-order chi connectivity index (χ0) is 9.49. The van der Waals surface area contributed by atoms with Crippen molar-refractivity contribution < 1.29 is 31.5 Å². The minimum atomic E-state index is -4.17. The maximum absolute atomic E-state index is 9.70. The van der Waals surface area contributed by atoms with Crippen molar-refractivity contribution in [2.45, 2.75) is 6.92 Å². The predicted molar refractivity (Wildman–Crippen MR) is 33.4 cm³/mol. The Kier molecular flexibility index (Phi) is 7.80. The van der Waals surface area contributed by atoms with E-state index in [4.69, 9.17) is 22.4 Å². The van der Waals surface area contributed by atoms with Gasteiger partial charge in [0.05, 0.1) is 6.61 Å². The summed E-state index contributed by atoms with van der Waals surface area (Å²) in [6.07, 6.45) is 0. The largest absolute Gasteiger partial charge is 0.469 e. The summed E-state index contributed by atoms with van der Waals surface area (Å²) in [5.41, 5.74) is 0. The molecule has 0 aromatic rings. The summed E-state index contributed by atoms with van der Waals surface area (Å²) in [6.45, 7) is 1.56. The molecular formula is C2H7O7PS. The fraction of sp³-hybridized carbons (Fsp3) is 1.00. The van der Waals surface area contributed by atoms with Crippen LogP contribution in [0.25, 0.3) is 0 Å². The summed E-state index contributed by atoms with van der Waals surface area (Å²) < 4.78 is 38.9. The normalized spacial score (nSPS) is 9.73. The Hall–Kier alpha value is -0.270. The van der Waals surface area contributed by atoms with Crippen LogP contribution in [0.2, 0.25) is 0 Å². The monoisotopic (exact) mass is 206 g/mol. The average molecular weight is 206 g/mol. The fourth-order valence-corrected chi connectivity index (χ4v) is 0.505. The van der Waals surface area contributed by atoms with Crippen molar-refractivity contribution in [1.82, 2.24) is 0 Å². The van der Waals surface area contributed by atoms with Gasteiger partial charge in [0, 0.05) is 0 Å². The third-order valence-corrected chi connectivity index (χ3v) is 0.892. The van der Waals surface area contributed by atoms with Crippen LogP contribution in [0, 0.1) is 0 Å². The van der Waals surface area contributed by atoms with Crippen molar-refractivity contribution in [3.8, 4) is 0 Å². The highest BCUT2D eigenvalue weighted by atomic mass is 32.2.